The molecule has 0 unspecified atom stereocenters. The molecule has 0 aromatic rings. The number of carbonyl (C=O) groups is 1. The molecule has 3 nitrogen and oxygen atoms in total. The summed E-state index contributed by atoms with van der Waals surface area (Å²) in [7, 11) is 0. The molecule has 0 aliphatic carbocycles. The first-order valence-electron chi connectivity index (χ1n) is 1.98. The Kier molecular flexibility index (Phi) is 2.40. The number of nitrogens with two attached hydrogens (primary N) is 1. The van der Waals surface area contributed by atoms with Crippen LogP contribution in [0.3, 0.4) is 0 Å². The maximum absolute atomic E-state index is 9.89. The fraction of sp³-hybridized carbons (Fsp3) is 0. The van der Waals surface area contributed by atoms with E-state index in [0.29, 0.717) is 0 Å². The highest BCUT2D eigenvalue weighted by Crippen LogP contribution is 1.81. The van der Waals surface area contributed by atoms with Crippen molar-refractivity contribution in [3.8, 4) is 0 Å². The molecule has 0 aliphatic heterocycles. The van der Waals surface area contributed by atoms with Gasteiger partial charge in [-0.3, -0.25) is 4.79 Å². The molecule has 0 rings (SSSR count). The lowest BCUT2D eigenvalue weighted by atomic mass is 10.4. The molecule has 0 atom stereocenters. The third-order valence-electron chi connectivity index (χ3n) is 0.440. The highest BCUT2D eigenvalue weighted by atomic mass is 16.3. The average Bonchev–Trinajstić information content (AvgIpc) is 1.61. The second kappa shape index (κ2) is 2.85. The molecule has 0 bridgehead atoms. The predicted molar refractivity (Wildman–Crippen MR) is 30.1 cm³/mol. The molecular formula is C5H7NO2. The fourth-order valence-corrected chi connectivity index (χ4v) is 0.178. The van der Waals surface area contributed by atoms with Crippen molar-refractivity contribution in [1.29, 1.82) is 0 Å². The van der Waals surface area contributed by atoms with Crippen LogP contribution in [0.4, 0.5) is 0 Å². The summed E-state index contributed by atoms with van der Waals surface area (Å²) in [4.78, 5) is 9.89. The summed E-state index contributed by atoms with van der Waals surface area (Å²) in [6, 6.07) is 0. The summed E-state index contributed by atoms with van der Waals surface area (Å²) in [5, 5.41) is 8.31. The molecule has 8 heavy (non-hydrogen) atoms. The van der Waals surface area contributed by atoms with E-state index in [4.69, 9.17) is 5.11 Å². The highest BCUT2D eigenvalue weighted by molar-refractivity contribution is 5.86. The van der Waals surface area contributed by atoms with Crippen LogP contribution in [0.25, 0.3) is 0 Å². The Morgan fingerprint density at radius 3 is 2.25 bits per heavy atom. The number of aliphatic hydroxyl groups is 1. The zero-order valence-electron chi connectivity index (χ0n) is 4.29. The minimum Gasteiger partial charge on any atom is -0.509 e. The van der Waals surface area contributed by atoms with Gasteiger partial charge in [0.05, 0.1) is 0 Å². The molecule has 44 valence electrons. The van der Waals surface area contributed by atoms with Gasteiger partial charge in [-0.2, -0.15) is 0 Å². The second-order valence-corrected chi connectivity index (χ2v) is 1.23. The van der Waals surface area contributed by atoms with Gasteiger partial charge in [0.15, 0.2) is 0 Å². The molecule has 3 heteroatoms. The first kappa shape index (κ1) is 6.75. The number of rotatable bonds is 2. The molecular weight excluding hydrogens is 106 g/mol. The molecule has 0 aliphatic rings. The third kappa shape index (κ3) is 4.75. The van der Waals surface area contributed by atoms with Crippen LogP contribution in [0.5, 0.6) is 0 Å². The van der Waals surface area contributed by atoms with E-state index in [2.05, 4.69) is 12.3 Å². The summed E-state index contributed by atoms with van der Waals surface area (Å²) in [6.45, 7) is 3.09. The highest BCUT2D eigenvalue weighted by Gasteiger charge is 1.80. The number of hydrogen-bond acceptors (Lipinski definition) is 2. The van der Waals surface area contributed by atoms with E-state index in [0.717, 1.165) is 12.2 Å². The zero-order valence-corrected chi connectivity index (χ0v) is 4.29. The number of carbonyl (C=O) groups excluding carboxylic acids is 1. The van der Waals surface area contributed by atoms with E-state index in [-0.39, 0.29) is 5.76 Å². The Labute approximate surface area is 47.1 Å². The minimum atomic E-state index is -0.597. The van der Waals surface area contributed by atoms with E-state index in [9.17, 15) is 4.79 Å². The number of allylic oxidation sites excluding steroid dienone is 1. The summed E-state index contributed by atoms with van der Waals surface area (Å²) >= 11 is 0. The number of aliphatic hydroxyl groups excluding tert-OH is 1. The lowest BCUT2D eigenvalue weighted by Gasteiger charge is -1.80. The van der Waals surface area contributed by atoms with Gasteiger partial charge in [-0.25, -0.2) is 0 Å². The zero-order chi connectivity index (χ0) is 6.57. The van der Waals surface area contributed by atoms with Crippen LogP contribution < -0.4 is 5.73 Å². The van der Waals surface area contributed by atoms with Gasteiger partial charge in [0, 0.05) is 6.08 Å². The van der Waals surface area contributed by atoms with Crippen LogP contribution >= 0.6 is 0 Å². The Bertz CT molecular complexity index is 121. The first-order valence-corrected chi connectivity index (χ1v) is 1.98. The monoisotopic (exact) mass is 113 g/mol. The van der Waals surface area contributed by atoms with Gasteiger partial charge in [0.25, 0.3) is 0 Å². The summed E-state index contributed by atoms with van der Waals surface area (Å²) in [6.07, 6.45) is 2.16. The lowest BCUT2D eigenvalue weighted by Crippen LogP contribution is -2.05. The molecule has 0 spiro atoms. The van der Waals surface area contributed by atoms with Crippen LogP contribution in [-0.4, -0.2) is 11.0 Å². The summed E-state index contributed by atoms with van der Waals surface area (Å²) < 4.78 is 0. The van der Waals surface area contributed by atoms with Gasteiger partial charge < -0.3 is 10.8 Å². The van der Waals surface area contributed by atoms with Gasteiger partial charge >= 0.3 is 0 Å². The van der Waals surface area contributed by atoms with Crippen molar-refractivity contribution < 1.29 is 9.90 Å². The van der Waals surface area contributed by atoms with Crippen molar-refractivity contribution in [1.82, 2.24) is 0 Å². The quantitative estimate of drug-likeness (QED) is 0.303. The van der Waals surface area contributed by atoms with Gasteiger partial charge in [-0.15, -0.1) is 0 Å². The van der Waals surface area contributed by atoms with Crippen molar-refractivity contribution in [2.45, 2.75) is 0 Å². The van der Waals surface area contributed by atoms with Gasteiger partial charge in [0.2, 0.25) is 5.91 Å². The first-order chi connectivity index (χ1) is 3.63. The Morgan fingerprint density at radius 2 is 2.12 bits per heavy atom. The number of hydrogen-bond donors (Lipinski definition) is 2. The van der Waals surface area contributed by atoms with Gasteiger partial charge in [-0.05, 0) is 6.08 Å². The van der Waals surface area contributed by atoms with E-state index < -0.39 is 5.91 Å². The second-order valence-electron chi connectivity index (χ2n) is 1.23. The maximum atomic E-state index is 9.89. The molecule has 0 radical (unpaired) electrons. The molecule has 3 N–H and O–H groups in total. The maximum Gasteiger partial charge on any atom is 0.241 e. The fourth-order valence-electron chi connectivity index (χ4n) is 0.178. The van der Waals surface area contributed by atoms with E-state index in [1.807, 2.05) is 0 Å². The summed E-state index contributed by atoms with van der Waals surface area (Å²) in [5.41, 5.74) is 4.66. The SMILES string of the molecule is C=C(O)C=CC(N)=O. The van der Waals surface area contributed by atoms with Crippen molar-refractivity contribution in [3.63, 3.8) is 0 Å². The molecule has 1 amide bonds. The van der Waals surface area contributed by atoms with Crippen LogP contribution in [-0.2, 0) is 4.79 Å². The van der Waals surface area contributed by atoms with E-state index in [1.165, 1.54) is 0 Å². The number of primary amides is 1. The molecule has 0 saturated heterocycles. The normalized spacial score (nSPS) is 9.50. The average molecular weight is 113 g/mol. The Balaban J connectivity index is 3.67. The van der Waals surface area contributed by atoms with Crippen LogP contribution in [0.1, 0.15) is 0 Å². The van der Waals surface area contributed by atoms with Crippen LogP contribution in [0.15, 0.2) is 24.5 Å². The minimum absolute atomic E-state index is 0.177. The third-order valence-corrected chi connectivity index (χ3v) is 0.440. The smallest absolute Gasteiger partial charge is 0.241 e. The number of amides is 1. The predicted octanol–water partition coefficient (Wildman–Crippen LogP) is 0.0996. The molecule has 0 heterocycles. The van der Waals surface area contributed by atoms with Crippen LogP contribution in [0.2, 0.25) is 0 Å². The topological polar surface area (TPSA) is 63.3 Å². The standard InChI is InChI=1S/C5H7NO2/c1-4(7)2-3-5(6)8/h2-3,7H,1H2,(H2,6,8). The largest absolute Gasteiger partial charge is 0.509 e. The van der Waals surface area contributed by atoms with E-state index >= 15 is 0 Å². The van der Waals surface area contributed by atoms with Crippen molar-refractivity contribution in [3.05, 3.63) is 24.5 Å². The van der Waals surface area contributed by atoms with E-state index in [1.54, 1.807) is 0 Å². The molecule has 0 fully saturated rings. The van der Waals surface area contributed by atoms with Gasteiger partial charge in [0.1, 0.15) is 5.76 Å². The van der Waals surface area contributed by atoms with Crippen molar-refractivity contribution in [2.24, 2.45) is 5.73 Å². The molecule has 0 saturated carbocycles. The Morgan fingerprint density at radius 1 is 1.62 bits per heavy atom. The molecule has 0 aromatic heterocycles. The molecule has 0 aromatic carbocycles. The lowest BCUT2D eigenvalue weighted by molar-refractivity contribution is -0.113. The van der Waals surface area contributed by atoms with Crippen LogP contribution in [0, 0.1) is 0 Å². The van der Waals surface area contributed by atoms with Gasteiger partial charge in [-0.1, -0.05) is 6.58 Å². The van der Waals surface area contributed by atoms with Crippen molar-refractivity contribution in [2.75, 3.05) is 0 Å². The van der Waals surface area contributed by atoms with Crippen molar-refractivity contribution >= 4 is 5.91 Å². The summed E-state index contributed by atoms with van der Waals surface area (Å²) in [5.74, 6) is -0.774. The Hall–Kier alpha value is -1.25.